The van der Waals surface area contributed by atoms with Crippen LogP contribution < -0.4 is 14.8 Å². The lowest BCUT2D eigenvalue weighted by atomic mass is 10.1. The second-order valence-electron chi connectivity index (χ2n) is 7.36. The highest BCUT2D eigenvalue weighted by Crippen LogP contribution is 2.27. The van der Waals surface area contributed by atoms with Gasteiger partial charge in [0.1, 0.15) is 11.5 Å². The molecular weight excluding hydrogens is 406 g/mol. The van der Waals surface area contributed by atoms with Gasteiger partial charge in [-0.15, -0.1) is 0 Å². The number of halogens is 1. The summed E-state index contributed by atoms with van der Waals surface area (Å²) < 4.78 is 12.2. The van der Waals surface area contributed by atoms with Crippen LogP contribution >= 0.6 is 15.9 Å². The number of rotatable bonds is 9. The summed E-state index contributed by atoms with van der Waals surface area (Å²) in [5.41, 5.74) is 1.27. The summed E-state index contributed by atoms with van der Waals surface area (Å²) in [6.07, 6.45) is 0.996. The molecule has 0 saturated heterocycles. The van der Waals surface area contributed by atoms with Gasteiger partial charge in [0.05, 0.1) is 17.7 Å². The van der Waals surface area contributed by atoms with Crippen LogP contribution in [0.2, 0.25) is 0 Å². The van der Waals surface area contributed by atoms with Crippen molar-refractivity contribution in [1.29, 1.82) is 0 Å². The van der Waals surface area contributed by atoms with Crippen LogP contribution in [0.5, 0.6) is 11.5 Å². The van der Waals surface area contributed by atoms with Gasteiger partial charge in [0.25, 0.3) is 5.91 Å². The lowest BCUT2D eigenvalue weighted by Crippen LogP contribution is -2.12. The summed E-state index contributed by atoms with van der Waals surface area (Å²) in [6, 6.07) is 12.8. The fraction of sp³-hybridized carbons (Fsp3) is 0.409. The molecule has 0 unspecified atom stereocenters. The minimum atomic E-state index is -0.176. The van der Waals surface area contributed by atoms with Crippen molar-refractivity contribution in [3.05, 3.63) is 52.5 Å². The SMILES string of the molecule is CC(C)CCOc1cccc(NC(=O)c2ccc(OCC(C)C)c(Br)c2)c1. The van der Waals surface area contributed by atoms with Crippen LogP contribution in [0.4, 0.5) is 5.69 Å². The topological polar surface area (TPSA) is 47.6 Å². The fourth-order valence-electron chi connectivity index (χ4n) is 2.29. The zero-order chi connectivity index (χ0) is 19.8. The van der Waals surface area contributed by atoms with Crippen molar-refractivity contribution in [2.24, 2.45) is 11.8 Å². The zero-order valence-corrected chi connectivity index (χ0v) is 18.0. The number of hydrogen-bond donors (Lipinski definition) is 1. The van der Waals surface area contributed by atoms with Gasteiger partial charge in [0.2, 0.25) is 0 Å². The Labute approximate surface area is 170 Å². The first kappa shape index (κ1) is 21.3. The second-order valence-corrected chi connectivity index (χ2v) is 8.22. The number of carbonyl (C=O) groups is 1. The summed E-state index contributed by atoms with van der Waals surface area (Å²) in [5.74, 6) is 2.35. The molecule has 5 heteroatoms. The van der Waals surface area contributed by atoms with Crippen LogP contribution in [0.1, 0.15) is 44.5 Å². The third kappa shape index (κ3) is 7.25. The Hall–Kier alpha value is -2.01. The normalized spacial score (nSPS) is 10.9. The molecule has 0 aliphatic rings. The van der Waals surface area contributed by atoms with Crippen molar-refractivity contribution in [1.82, 2.24) is 0 Å². The molecule has 27 heavy (non-hydrogen) atoms. The van der Waals surface area contributed by atoms with E-state index in [0.29, 0.717) is 36.3 Å². The van der Waals surface area contributed by atoms with Gasteiger partial charge in [-0.3, -0.25) is 4.79 Å². The minimum absolute atomic E-state index is 0.176. The quantitative estimate of drug-likeness (QED) is 0.514. The highest BCUT2D eigenvalue weighted by atomic mass is 79.9. The van der Waals surface area contributed by atoms with Crippen molar-refractivity contribution in [2.45, 2.75) is 34.1 Å². The molecule has 0 fully saturated rings. The maximum Gasteiger partial charge on any atom is 0.255 e. The Morgan fingerprint density at radius 3 is 2.48 bits per heavy atom. The predicted molar refractivity (Wildman–Crippen MR) is 114 cm³/mol. The Morgan fingerprint density at radius 1 is 1.04 bits per heavy atom. The largest absolute Gasteiger partial charge is 0.494 e. The van der Waals surface area contributed by atoms with Crippen LogP contribution in [0, 0.1) is 11.8 Å². The van der Waals surface area contributed by atoms with Crippen molar-refractivity contribution >= 4 is 27.5 Å². The average molecular weight is 434 g/mol. The molecule has 2 aromatic carbocycles. The Balaban J connectivity index is 1.99. The number of hydrogen-bond acceptors (Lipinski definition) is 3. The summed E-state index contributed by atoms with van der Waals surface area (Å²) in [4.78, 5) is 12.5. The van der Waals surface area contributed by atoms with Gasteiger partial charge in [-0.05, 0) is 64.5 Å². The highest BCUT2D eigenvalue weighted by molar-refractivity contribution is 9.10. The predicted octanol–water partition coefficient (Wildman–Crippen LogP) is 6.16. The van der Waals surface area contributed by atoms with Crippen LogP contribution in [0.15, 0.2) is 46.9 Å². The molecule has 0 aromatic heterocycles. The van der Waals surface area contributed by atoms with Gasteiger partial charge in [-0.2, -0.15) is 0 Å². The lowest BCUT2D eigenvalue weighted by Gasteiger charge is -2.12. The van der Waals surface area contributed by atoms with E-state index in [1.807, 2.05) is 30.3 Å². The zero-order valence-electron chi connectivity index (χ0n) is 16.4. The van der Waals surface area contributed by atoms with E-state index in [9.17, 15) is 4.79 Å². The van der Waals surface area contributed by atoms with E-state index >= 15 is 0 Å². The molecule has 2 rings (SSSR count). The first-order chi connectivity index (χ1) is 12.8. The number of benzene rings is 2. The Kier molecular flexibility index (Phi) is 8.17. The van der Waals surface area contributed by atoms with Gasteiger partial charge in [-0.25, -0.2) is 0 Å². The van der Waals surface area contributed by atoms with Gasteiger partial charge in [0, 0.05) is 17.3 Å². The third-order valence-electron chi connectivity index (χ3n) is 3.82. The molecule has 146 valence electrons. The molecule has 0 spiro atoms. The second kappa shape index (κ2) is 10.4. The number of carbonyl (C=O) groups excluding carboxylic acids is 1. The van der Waals surface area contributed by atoms with Gasteiger partial charge in [-0.1, -0.05) is 33.8 Å². The first-order valence-electron chi connectivity index (χ1n) is 9.31. The summed E-state index contributed by atoms with van der Waals surface area (Å²) in [5, 5.41) is 2.91. The molecule has 0 aliphatic carbocycles. The molecule has 1 amide bonds. The molecule has 0 bridgehead atoms. The lowest BCUT2D eigenvalue weighted by molar-refractivity contribution is 0.102. The number of nitrogens with one attached hydrogen (secondary N) is 1. The molecule has 1 N–H and O–H groups in total. The van der Waals surface area contributed by atoms with Crippen molar-refractivity contribution in [3.63, 3.8) is 0 Å². The molecule has 2 aromatic rings. The molecule has 0 radical (unpaired) electrons. The monoisotopic (exact) mass is 433 g/mol. The highest BCUT2D eigenvalue weighted by Gasteiger charge is 2.11. The van der Waals surface area contributed by atoms with Gasteiger partial charge < -0.3 is 14.8 Å². The molecule has 0 atom stereocenters. The van der Waals surface area contributed by atoms with E-state index < -0.39 is 0 Å². The fourth-order valence-corrected chi connectivity index (χ4v) is 2.79. The smallest absolute Gasteiger partial charge is 0.255 e. The molecule has 4 nitrogen and oxygen atoms in total. The summed E-state index contributed by atoms with van der Waals surface area (Å²) >= 11 is 3.48. The number of amides is 1. The van der Waals surface area contributed by atoms with E-state index in [1.54, 1.807) is 12.1 Å². The Bertz CT molecular complexity index is 759. The van der Waals surface area contributed by atoms with Gasteiger partial charge >= 0.3 is 0 Å². The molecule has 0 saturated carbocycles. The van der Waals surface area contributed by atoms with E-state index in [0.717, 1.165) is 22.4 Å². The molecule has 0 aliphatic heterocycles. The summed E-state index contributed by atoms with van der Waals surface area (Å²) in [7, 11) is 0. The maximum atomic E-state index is 12.5. The van der Waals surface area contributed by atoms with Gasteiger partial charge in [0.15, 0.2) is 0 Å². The van der Waals surface area contributed by atoms with Crippen LogP contribution in [0.3, 0.4) is 0 Å². The Morgan fingerprint density at radius 2 is 1.81 bits per heavy atom. The number of anilines is 1. The number of ether oxygens (including phenoxy) is 2. The van der Waals surface area contributed by atoms with E-state index in [4.69, 9.17) is 9.47 Å². The minimum Gasteiger partial charge on any atom is -0.494 e. The standard InChI is InChI=1S/C22H28BrNO3/c1-15(2)10-11-26-19-7-5-6-18(13-19)24-22(25)17-8-9-21(20(23)12-17)27-14-16(3)4/h5-9,12-13,15-16H,10-11,14H2,1-4H3,(H,24,25). The first-order valence-corrected chi connectivity index (χ1v) is 10.1. The summed E-state index contributed by atoms with van der Waals surface area (Å²) in [6.45, 7) is 9.81. The van der Waals surface area contributed by atoms with Crippen LogP contribution in [-0.4, -0.2) is 19.1 Å². The van der Waals surface area contributed by atoms with Crippen molar-refractivity contribution in [3.8, 4) is 11.5 Å². The average Bonchev–Trinajstić information content (AvgIpc) is 2.60. The van der Waals surface area contributed by atoms with E-state index in [-0.39, 0.29) is 5.91 Å². The third-order valence-corrected chi connectivity index (χ3v) is 4.44. The van der Waals surface area contributed by atoms with Crippen LogP contribution in [0.25, 0.3) is 0 Å². The van der Waals surface area contributed by atoms with Crippen molar-refractivity contribution in [2.75, 3.05) is 18.5 Å². The maximum absolute atomic E-state index is 12.5. The van der Waals surface area contributed by atoms with Crippen molar-refractivity contribution < 1.29 is 14.3 Å². The molecule has 0 heterocycles. The van der Waals surface area contributed by atoms with E-state index in [1.165, 1.54) is 0 Å². The molecular formula is C22H28BrNO3. The van der Waals surface area contributed by atoms with Crippen LogP contribution in [-0.2, 0) is 0 Å². The van der Waals surface area contributed by atoms with E-state index in [2.05, 4.69) is 48.9 Å².